The van der Waals surface area contributed by atoms with Crippen LogP contribution in [0.2, 0.25) is 0 Å². The summed E-state index contributed by atoms with van der Waals surface area (Å²) in [6, 6.07) is 55.3. The first kappa shape index (κ1) is 49.8. The predicted octanol–water partition coefficient (Wildman–Crippen LogP) is 13.5. The fourth-order valence-corrected chi connectivity index (χ4v) is 26.0. The number of nitrogens with one attached hydrogen (secondary N) is 1. The Bertz CT molecular complexity index is 4420. The molecule has 8 aromatic carbocycles. The Balaban J connectivity index is 0.734. The molecular formula is C79H72B3N3O3S. The van der Waals surface area contributed by atoms with Gasteiger partial charge in [-0.15, -0.1) is 0 Å². The van der Waals surface area contributed by atoms with Crippen molar-refractivity contribution >= 4 is 121 Å². The molecule has 6 aliphatic heterocycles. The van der Waals surface area contributed by atoms with Crippen LogP contribution in [0.15, 0.2) is 140 Å². The molecule has 26 rings (SSSR count). The molecule has 0 spiro atoms. The Morgan fingerprint density at radius 3 is 1.42 bits per heavy atom. The molecule has 12 bridgehead atoms. The zero-order valence-electron chi connectivity index (χ0n) is 51.0. The SMILES string of the molecule is CSN1c2cc3c(cc2B2c4ccccc4Oc4cc(C56CC7CC(CC(C7)C5)C6)cc1c42)B1c2cc4c(cc2Oc2cc(C56CC7CC(CC(C7)C5)C6)cc(c21)O3)Nc1cc(C23CC5CC(CC(C5)C2)C3)cc2c1B4c1ccccc1N2c1ccccc1. The average Bonchev–Trinajstić information content (AvgIpc) is 0.809. The van der Waals surface area contributed by atoms with E-state index in [1.54, 1.807) is 5.56 Å². The highest BCUT2D eigenvalue weighted by atomic mass is 32.2. The van der Waals surface area contributed by atoms with E-state index < -0.39 is 0 Å². The third-order valence-electron chi connectivity index (χ3n) is 27.3. The van der Waals surface area contributed by atoms with Crippen molar-refractivity contribution in [3.8, 4) is 34.5 Å². The lowest BCUT2D eigenvalue weighted by atomic mass is 9.29. The minimum atomic E-state index is -0.121. The molecule has 0 radical (unpaired) electrons. The maximum atomic E-state index is 7.72. The molecule has 6 nitrogen and oxygen atoms in total. The fourth-order valence-electron chi connectivity index (χ4n) is 25.3. The molecule has 436 valence electrons. The summed E-state index contributed by atoms with van der Waals surface area (Å²) in [5.74, 6) is 13.6. The van der Waals surface area contributed by atoms with Crippen molar-refractivity contribution in [2.45, 2.75) is 132 Å². The number of rotatable bonds is 5. The lowest BCUT2D eigenvalue weighted by molar-refractivity contribution is -0.00539. The third kappa shape index (κ3) is 6.66. The quantitative estimate of drug-likeness (QED) is 0.136. The highest BCUT2D eigenvalue weighted by Crippen LogP contribution is 2.65. The van der Waals surface area contributed by atoms with E-state index in [2.05, 4.69) is 160 Å². The Morgan fingerprint density at radius 2 is 0.820 bits per heavy atom. The fraction of sp³-hybridized carbons (Fsp3) is 0.392. The van der Waals surface area contributed by atoms with Gasteiger partial charge in [0, 0.05) is 52.3 Å². The van der Waals surface area contributed by atoms with Crippen LogP contribution in [-0.4, -0.2) is 26.4 Å². The van der Waals surface area contributed by atoms with Crippen LogP contribution in [0.3, 0.4) is 0 Å². The largest absolute Gasteiger partial charge is 0.458 e. The van der Waals surface area contributed by atoms with Crippen LogP contribution < -0.4 is 77.9 Å². The number of anilines is 7. The maximum absolute atomic E-state index is 7.72. The van der Waals surface area contributed by atoms with Gasteiger partial charge in [-0.05, 0) is 318 Å². The van der Waals surface area contributed by atoms with Gasteiger partial charge < -0.3 is 24.4 Å². The van der Waals surface area contributed by atoms with Crippen LogP contribution in [0.5, 0.6) is 34.5 Å². The number of hydrogen-bond donors (Lipinski definition) is 1. The van der Waals surface area contributed by atoms with Gasteiger partial charge in [0.25, 0.3) is 20.1 Å². The van der Waals surface area contributed by atoms with Crippen LogP contribution in [0.25, 0.3) is 0 Å². The van der Waals surface area contributed by atoms with Gasteiger partial charge in [0.2, 0.25) is 0 Å². The smallest absolute Gasteiger partial charge is 0.260 e. The second-order valence-electron chi connectivity index (χ2n) is 32.2. The number of benzene rings is 8. The van der Waals surface area contributed by atoms with Gasteiger partial charge in [0.15, 0.2) is 0 Å². The molecule has 12 fully saturated rings. The summed E-state index contributed by atoms with van der Waals surface area (Å²) in [6.07, 6.45) is 27.0. The van der Waals surface area contributed by atoms with Crippen molar-refractivity contribution in [1.82, 2.24) is 0 Å². The summed E-state index contributed by atoms with van der Waals surface area (Å²) < 4.78 is 25.2. The van der Waals surface area contributed by atoms with Crippen molar-refractivity contribution < 1.29 is 14.2 Å². The van der Waals surface area contributed by atoms with Crippen LogP contribution in [-0.2, 0) is 16.2 Å². The first-order chi connectivity index (χ1) is 43.7. The van der Waals surface area contributed by atoms with Gasteiger partial charge in [0.1, 0.15) is 34.5 Å². The minimum Gasteiger partial charge on any atom is -0.458 e. The normalized spacial score (nSPS) is 32.3. The van der Waals surface area contributed by atoms with Crippen molar-refractivity contribution in [1.29, 1.82) is 0 Å². The third-order valence-corrected chi connectivity index (χ3v) is 28.1. The van der Waals surface area contributed by atoms with Crippen molar-refractivity contribution in [2.24, 2.45) is 53.3 Å². The molecule has 0 saturated heterocycles. The molecule has 0 aromatic heterocycles. The Morgan fingerprint density at radius 1 is 0.360 bits per heavy atom. The van der Waals surface area contributed by atoms with Gasteiger partial charge in [-0.2, -0.15) is 0 Å². The van der Waals surface area contributed by atoms with E-state index >= 15 is 0 Å². The van der Waals surface area contributed by atoms with E-state index in [-0.39, 0.29) is 36.4 Å². The summed E-state index contributed by atoms with van der Waals surface area (Å²) in [5.41, 5.74) is 25.6. The molecule has 1 N–H and O–H groups in total. The molecular weight excluding hydrogens is 1100 g/mol. The number of fused-ring (bicyclic) bond motifs is 12. The average molecular weight is 1180 g/mol. The molecule has 12 saturated carbocycles. The molecule has 10 heteroatoms. The van der Waals surface area contributed by atoms with E-state index in [0.29, 0.717) is 0 Å². The number of hydrogen-bond acceptors (Lipinski definition) is 7. The van der Waals surface area contributed by atoms with E-state index in [0.717, 1.165) is 87.8 Å². The Labute approximate surface area is 528 Å². The molecule has 0 unspecified atom stereocenters. The summed E-state index contributed by atoms with van der Waals surface area (Å²) in [7, 11) is 0. The second-order valence-corrected chi connectivity index (χ2v) is 33.0. The Kier molecular flexibility index (Phi) is 9.61. The van der Waals surface area contributed by atoms with Gasteiger partial charge in [-0.3, -0.25) is 4.31 Å². The monoisotopic (exact) mass is 1180 g/mol. The van der Waals surface area contributed by atoms with Crippen molar-refractivity contribution in [2.75, 3.05) is 20.8 Å². The standard InChI is InChI=1S/C79H72B3N3O3S/c1-89-85-65-33-70-61(31-59(65)81-57-12-6-8-14-68(57)86-71-27-53(26-67(85)75(71)81)78-37-46-18-47(38-78)20-48(19-46)39-78)82-60-30-58-62(32-69(60)87-72-28-54(29-73(88-70)76(72)82)79-40-49-21-50(41-79)23-51(22-49)42-79)83-63-24-52(77-34-43-15-44(35-77)17-45(16-43)36-77)25-66-74(63)80(58)56-11-5-7-13-64(56)84(66)55-9-3-2-4-10-55/h2-14,24-33,43-51,83H,15-23,34-42H2,1H3. The number of ether oxygens (including phenoxy) is 3. The van der Waals surface area contributed by atoms with Gasteiger partial charge in [-0.25, -0.2) is 0 Å². The van der Waals surface area contributed by atoms with Crippen molar-refractivity contribution in [3.63, 3.8) is 0 Å². The molecule has 6 heterocycles. The van der Waals surface area contributed by atoms with Crippen LogP contribution >= 0.6 is 11.9 Å². The zero-order valence-corrected chi connectivity index (χ0v) is 51.8. The molecule has 8 aromatic rings. The molecule has 12 aliphatic carbocycles. The lowest BCUT2D eigenvalue weighted by Crippen LogP contribution is -2.64. The zero-order chi connectivity index (χ0) is 57.5. The molecule has 0 amide bonds. The highest BCUT2D eigenvalue weighted by molar-refractivity contribution is 8.00. The van der Waals surface area contributed by atoms with Crippen molar-refractivity contribution in [3.05, 3.63) is 156 Å². The maximum Gasteiger partial charge on any atom is 0.260 e. The highest BCUT2D eigenvalue weighted by Gasteiger charge is 2.57. The molecule has 89 heavy (non-hydrogen) atoms. The van der Waals surface area contributed by atoms with E-state index in [1.165, 1.54) is 216 Å². The van der Waals surface area contributed by atoms with Gasteiger partial charge >= 0.3 is 0 Å². The topological polar surface area (TPSA) is 46.2 Å². The van der Waals surface area contributed by atoms with E-state index in [9.17, 15) is 0 Å². The van der Waals surface area contributed by atoms with E-state index in [1.807, 2.05) is 11.9 Å². The predicted molar refractivity (Wildman–Crippen MR) is 366 cm³/mol. The first-order valence-electron chi connectivity index (χ1n) is 34.8. The summed E-state index contributed by atoms with van der Waals surface area (Å²) >= 11 is 1.84. The Hall–Kier alpha value is -6.90. The summed E-state index contributed by atoms with van der Waals surface area (Å²) in [6.45, 7) is -0.114. The van der Waals surface area contributed by atoms with Crippen LogP contribution in [0.1, 0.15) is 132 Å². The number of nitrogens with zero attached hydrogens (tertiary/aromatic N) is 2. The first-order valence-corrected chi connectivity index (χ1v) is 36.0. The van der Waals surface area contributed by atoms with Crippen LogP contribution in [0.4, 0.5) is 39.8 Å². The van der Waals surface area contributed by atoms with Crippen LogP contribution in [0, 0.1) is 53.3 Å². The van der Waals surface area contributed by atoms with Gasteiger partial charge in [-0.1, -0.05) is 66.7 Å². The summed E-state index contributed by atoms with van der Waals surface area (Å²) in [5, 5.41) is 4.29. The lowest BCUT2D eigenvalue weighted by Gasteiger charge is -2.57. The molecule has 18 aliphatic rings. The van der Waals surface area contributed by atoms with E-state index in [4.69, 9.17) is 14.2 Å². The minimum absolute atomic E-state index is 0.00465. The molecule has 0 atom stereocenters. The second kappa shape index (κ2) is 17.2. The number of para-hydroxylation sites is 3. The van der Waals surface area contributed by atoms with Gasteiger partial charge in [0.05, 0.1) is 11.4 Å². The summed E-state index contributed by atoms with van der Waals surface area (Å²) in [4.78, 5) is 2.62.